The highest BCUT2D eigenvalue weighted by Crippen LogP contribution is 2.22. The molecule has 1 nitrogen and oxygen atoms in total. The molecule has 144 valence electrons. The highest BCUT2D eigenvalue weighted by atomic mass is 16.5. The van der Waals surface area contributed by atoms with E-state index < -0.39 is 0 Å². The molecule has 0 fully saturated rings. The number of fused-ring (bicyclic) bond motifs is 1. The van der Waals surface area contributed by atoms with Gasteiger partial charge < -0.3 is 4.74 Å². The Morgan fingerprint density at radius 1 is 0.679 bits per heavy atom. The van der Waals surface area contributed by atoms with Gasteiger partial charge in [-0.15, -0.1) is 0 Å². The van der Waals surface area contributed by atoms with Crippen LogP contribution >= 0.6 is 0 Å². The van der Waals surface area contributed by atoms with E-state index in [0.29, 0.717) is 0 Å². The summed E-state index contributed by atoms with van der Waals surface area (Å²) in [6.07, 6.45) is 7.21. The van der Waals surface area contributed by atoms with Gasteiger partial charge in [0, 0.05) is 11.1 Å². The molecular weight excluding hydrogens is 340 g/mol. The van der Waals surface area contributed by atoms with Crippen LogP contribution in [0.15, 0.2) is 60.7 Å². The molecule has 0 N–H and O–H groups in total. The number of benzene rings is 3. The van der Waals surface area contributed by atoms with Crippen molar-refractivity contribution in [3.8, 4) is 17.6 Å². The number of ether oxygens (including phenoxy) is 1. The molecule has 28 heavy (non-hydrogen) atoms. The van der Waals surface area contributed by atoms with Crippen molar-refractivity contribution in [2.24, 2.45) is 0 Å². The summed E-state index contributed by atoms with van der Waals surface area (Å²) in [5, 5.41) is 2.39. The summed E-state index contributed by atoms with van der Waals surface area (Å²) in [6.45, 7) is 5.23. The monoisotopic (exact) mass is 370 g/mol. The molecule has 3 rings (SSSR count). The fourth-order valence-corrected chi connectivity index (χ4v) is 3.30. The molecule has 1 heteroatoms. The molecule has 0 saturated heterocycles. The van der Waals surface area contributed by atoms with E-state index in [9.17, 15) is 0 Å². The Morgan fingerprint density at radius 3 is 2.18 bits per heavy atom. The number of hydrogen-bond donors (Lipinski definition) is 0. The lowest BCUT2D eigenvalue weighted by Gasteiger charge is -2.07. The van der Waals surface area contributed by atoms with Crippen molar-refractivity contribution in [1.29, 1.82) is 0 Å². The van der Waals surface area contributed by atoms with Crippen LogP contribution in [0.3, 0.4) is 0 Å². The average Bonchev–Trinajstić information content (AvgIpc) is 2.73. The topological polar surface area (TPSA) is 9.23 Å². The number of rotatable bonds is 8. The van der Waals surface area contributed by atoms with Crippen LogP contribution in [0.4, 0.5) is 0 Å². The standard InChI is InChI=1S/C27H30O/c1-3-5-6-7-19-28-27-18-17-25-20-24(15-16-26(25)21-27)14-13-23-11-9-22(8-4-2)10-12-23/h9-12,15-18,20-21H,3-8,19H2,1-2H3. The van der Waals surface area contributed by atoms with Gasteiger partial charge in [-0.05, 0) is 65.6 Å². The first kappa shape index (κ1) is 20.0. The van der Waals surface area contributed by atoms with Crippen LogP contribution in [0.2, 0.25) is 0 Å². The van der Waals surface area contributed by atoms with E-state index in [0.717, 1.165) is 36.3 Å². The highest BCUT2D eigenvalue weighted by Gasteiger charge is 1.99. The van der Waals surface area contributed by atoms with E-state index in [1.165, 1.54) is 42.0 Å². The first-order valence-corrected chi connectivity index (χ1v) is 10.6. The molecule has 0 spiro atoms. The summed E-state index contributed by atoms with van der Waals surface area (Å²) in [6, 6.07) is 21.3. The summed E-state index contributed by atoms with van der Waals surface area (Å²) in [5.41, 5.74) is 3.48. The first-order valence-electron chi connectivity index (χ1n) is 10.6. The number of unbranched alkanes of at least 4 members (excludes halogenated alkanes) is 3. The lowest BCUT2D eigenvalue weighted by Crippen LogP contribution is -1.97. The molecule has 0 amide bonds. The summed E-state index contributed by atoms with van der Waals surface area (Å²) >= 11 is 0. The van der Waals surface area contributed by atoms with Crippen LogP contribution in [0.5, 0.6) is 5.75 Å². The van der Waals surface area contributed by atoms with Gasteiger partial charge >= 0.3 is 0 Å². The predicted octanol–water partition coefficient (Wildman–Crippen LogP) is 7.15. The van der Waals surface area contributed by atoms with Crippen molar-refractivity contribution >= 4 is 10.8 Å². The van der Waals surface area contributed by atoms with Crippen molar-refractivity contribution in [2.75, 3.05) is 6.61 Å². The zero-order valence-corrected chi connectivity index (χ0v) is 17.1. The minimum Gasteiger partial charge on any atom is -0.494 e. The van der Waals surface area contributed by atoms with Crippen LogP contribution in [-0.4, -0.2) is 6.61 Å². The van der Waals surface area contributed by atoms with Gasteiger partial charge in [-0.3, -0.25) is 0 Å². The van der Waals surface area contributed by atoms with Crippen molar-refractivity contribution in [3.05, 3.63) is 77.4 Å². The quantitative estimate of drug-likeness (QED) is 0.302. The molecule has 0 aliphatic rings. The zero-order chi connectivity index (χ0) is 19.6. The lowest BCUT2D eigenvalue weighted by molar-refractivity contribution is 0.305. The maximum atomic E-state index is 5.90. The lowest BCUT2D eigenvalue weighted by atomic mass is 10.1. The zero-order valence-electron chi connectivity index (χ0n) is 17.1. The number of hydrogen-bond acceptors (Lipinski definition) is 1. The van der Waals surface area contributed by atoms with Crippen molar-refractivity contribution in [2.45, 2.75) is 52.4 Å². The van der Waals surface area contributed by atoms with Crippen LogP contribution < -0.4 is 4.74 Å². The van der Waals surface area contributed by atoms with Gasteiger partial charge in [-0.25, -0.2) is 0 Å². The molecule has 0 radical (unpaired) electrons. The fraction of sp³-hybridized carbons (Fsp3) is 0.333. The van der Waals surface area contributed by atoms with E-state index >= 15 is 0 Å². The van der Waals surface area contributed by atoms with E-state index in [4.69, 9.17) is 4.74 Å². The summed E-state index contributed by atoms with van der Waals surface area (Å²) < 4.78 is 5.90. The Balaban J connectivity index is 1.65. The van der Waals surface area contributed by atoms with E-state index in [2.05, 4.69) is 86.4 Å². The molecular formula is C27H30O. The van der Waals surface area contributed by atoms with Crippen molar-refractivity contribution in [1.82, 2.24) is 0 Å². The second-order valence-electron chi connectivity index (χ2n) is 7.33. The van der Waals surface area contributed by atoms with Gasteiger partial charge in [0.15, 0.2) is 0 Å². The minimum atomic E-state index is 0.798. The first-order chi connectivity index (χ1) is 13.8. The molecule has 3 aromatic rings. The minimum absolute atomic E-state index is 0.798. The summed E-state index contributed by atoms with van der Waals surface area (Å²) in [5.74, 6) is 7.52. The number of aryl methyl sites for hydroxylation is 1. The highest BCUT2D eigenvalue weighted by molar-refractivity contribution is 5.85. The maximum absolute atomic E-state index is 5.90. The second-order valence-corrected chi connectivity index (χ2v) is 7.33. The maximum Gasteiger partial charge on any atom is 0.119 e. The third-order valence-corrected chi connectivity index (χ3v) is 4.92. The SMILES string of the molecule is CCCCCCOc1ccc2cc(C#Cc3ccc(CCC)cc3)ccc2c1. The Bertz CT molecular complexity index is 941. The largest absolute Gasteiger partial charge is 0.494 e. The molecule has 0 aliphatic heterocycles. The van der Waals surface area contributed by atoms with Gasteiger partial charge in [0.05, 0.1) is 6.61 Å². The van der Waals surface area contributed by atoms with Crippen molar-refractivity contribution in [3.63, 3.8) is 0 Å². The predicted molar refractivity (Wildman–Crippen MR) is 120 cm³/mol. The van der Waals surface area contributed by atoms with E-state index in [1.807, 2.05) is 0 Å². The van der Waals surface area contributed by atoms with Gasteiger partial charge in [0.2, 0.25) is 0 Å². The smallest absolute Gasteiger partial charge is 0.119 e. The third-order valence-electron chi connectivity index (χ3n) is 4.92. The van der Waals surface area contributed by atoms with Gasteiger partial charge in [-0.2, -0.15) is 0 Å². The molecule has 0 heterocycles. The summed E-state index contributed by atoms with van der Waals surface area (Å²) in [7, 11) is 0. The molecule has 0 atom stereocenters. The van der Waals surface area contributed by atoms with Crippen LogP contribution in [0.25, 0.3) is 10.8 Å². The summed E-state index contributed by atoms with van der Waals surface area (Å²) in [4.78, 5) is 0. The van der Waals surface area contributed by atoms with Crippen LogP contribution in [-0.2, 0) is 6.42 Å². The molecule has 0 aliphatic carbocycles. The normalized spacial score (nSPS) is 10.5. The van der Waals surface area contributed by atoms with Gasteiger partial charge in [-0.1, -0.05) is 75.6 Å². The third kappa shape index (κ3) is 5.89. The molecule has 0 saturated carbocycles. The van der Waals surface area contributed by atoms with E-state index in [-0.39, 0.29) is 0 Å². The molecule has 0 unspecified atom stereocenters. The Morgan fingerprint density at radius 2 is 1.39 bits per heavy atom. The van der Waals surface area contributed by atoms with Crippen molar-refractivity contribution < 1.29 is 4.74 Å². The van der Waals surface area contributed by atoms with Crippen LogP contribution in [0.1, 0.15) is 62.6 Å². The Labute approximate surface area is 169 Å². The average molecular weight is 371 g/mol. The molecule has 0 bridgehead atoms. The van der Waals surface area contributed by atoms with Gasteiger partial charge in [0.25, 0.3) is 0 Å². The van der Waals surface area contributed by atoms with E-state index in [1.54, 1.807) is 0 Å². The Kier molecular flexibility index (Phi) is 7.56. The Hall–Kier alpha value is -2.72. The second kappa shape index (κ2) is 10.6. The van der Waals surface area contributed by atoms with Gasteiger partial charge in [0.1, 0.15) is 5.75 Å². The fourth-order valence-electron chi connectivity index (χ4n) is 3.30. The molecule has 0 aromatic heterocycles. The molecule has 3 aromatic carbocycles. The van der Waals surface area contributed by atoms with Crippen LogP contribution in [0, 0.1) is 11.8 Å².